The minimum Gasteiger partial charge on any atom is -0.465 e. The SMILES string of the molecule is CCOC(=O)[C@@H]1COC(C)(C)C1=O. The standard InChI is InChI=1S/C9H14O4/c1-4-12-8(11)6-5-13-9(2,3)7(6)10/h6H,4-5H2,1-3H3/t6-/m1/s1. The Kier molecular flexibility index (Phi) is 2.71. The van der Waals surface area contributed by atoms with Crippen LogP contribution in [-0.4, -0.2) is 30.6 Å². The normalized spacial score (nSPS) is 26.1. The summed E-state index contributed by atoms with van der Waals surface area (Å²) in [5.74, 6) is -1.39. The van der Waals surface area contributed by atoms with Crippen molar-refractivity contribution >= 4 is 11.8 Å². The maximum atomic E-state index is 11.5. The zero-order valence-electron chi connectivity index (χ0n) is 8.12. The first-order valence-corrected chi connectivity index (χ1v) is 4.34. The zero-order chi connectivity index (χ0) is 10.1. The van der Waals surface area contributed by atoms with Gasteiger partial charge in [-0.2, -0.15) is 0 Å². The molecule has 1 atom stereocenters. The third kappa shape index (κ3) is 1.88. The highest BCUT2D eigenvalue weighted by molar-refractivity contribution is 6.04. The number of ketones is 1. The Morgan fingerprint density at radius 1 is 1.69 bits per heavy atom. The Morgan fingerprint density at radius 2 is 2.31 bits per heavy atom. The highest BCUT2D eigenvalue weighted by Crippen LogP contribution is 2.26. The van der Waals surface area contributed by atoms with Gasteiger partial charge >= 0.3 is 5.97 Å². The first-order chi connectivity index (χ1) is 5.99. The van der Waals surface area contributed by atoms with Crippen molar-refractivity contribution in [1.82, 2.24) is 0 Å². The van der Waals surface area contributed by atoms with E-state index in [0.29, 0.717) is 6.61 Å². The first kappa shape index (κ1) is 10.2. The van der Waals surface area contributed by atoms with Crippen LogP contribution < -0.4 is 0 Å². The fourth-order valence-electron chi connectivity index (χ4n) is 1.28. The van der Waals surface area contributed by atoms with Crippen molar-refractivity contribution in [3.8, 4) is 0 Å². The molecule has 74 valence electrons. The molecule has 1 fully saturated rings. The first-order valence-electron chi connectivity index (χ1n) is 4.34. The molecular weight excluding hydrogens is 172 g/mol. The molecule has 1 rings (SSSR count). The highest BCUT2D eigenvalue weighted by Gasteiger charge is 2.46. The quantitative estimate of drug-likeness (QED) is 0.466. The second kappa shape index (κ2) is 3.46. The molecule has 4 nitrogen and oxygen atoms in total. The molecule has 4 heteroatoms. The molecular formula is C9H14O4. The summed E-state index contributed by atoms with van der Waals surface area (Å²) >= 11 is 0. The molecule has 0 saturated carbocycles. The number of rotatable bonds is 2. The van der Waals surface area contributed by atoms with Gasteiger partial charge in [0.25, 0.3) is 0 Å². The molecule has 0 aromatic carbocycles. The Morgan fingerprint density at radius 3 is 2.69 bits per heavy atom. The van der Waals surface area contributed by atoms with Crippen molar-refractivity contribution in [2.24, 2.45) is 5.92 Å². The van der Waals surface area contributed by atoms with E-state index in [1.165, 1.54) is 0 Å². The molecule has 1 heterocycles. The summed E-state index contributed by atoms with van der Waals surface area (Å²) in [7, 11) is 0. The molecule has 0 bridgehead atoms. The maximum absolute atomic E-state index is 11.5. The van der Waals surface area contributed by atoms with E-state index in [1.54, 1.807) is 20.8 Å². The van der Waals surface area contributed by atoms with Gasteiger partial charge in [0, 0.05) is 0 Å². The van der Waals surface area contributed by atoms with Crippen LogP contribution in [0.3, 0.4) is 0 Å². The molecule has 0 N–H and O–H groups in total. The fourth-order valence-corrected chi connectivity index (χ4v) is 1.28. The van der Waals surface area contributed by atoms with Gasteiger partial charge in [0.2, 0.25) is 0 Å². The van der Waals surface area contributed by atoms with E-state index in [4.69, 9.17) is 9.47 Å². The lowest BCUT2D eigenvalue weighted by molar-refractivity contribution is -0.150. The Hall–Kier alpha value is -0.900. The predicted molar refractivity (Wildman–Crippen MR) is 45.2 cm³/mol. The van der Waals surface area contributed by atoms with Gasteiger partial charge in [0.15, 0.2) is 5.78 Å². The van der Waals surface area contributed by atoms with Crippen LogP contribution in [0.25, 0.3) is 0 Å². The third-order valence-corrected chi connectivity index (χ3v) is 2.09. The maximum Gasteiger partial charge on any atom is 0.318 e. The molecule has 0 aromatic heterocycles. The second-order valence-electron chi connectivity index (χ2n) is 3.49. The van der Waals surface area contributed by atoms with Gasteiger partial charge in [-0.3, -0.25) is 9.59 Å². The van der Waals surface area contributed by atoms with Crippen LogP contribution in [0.1, 0.15) is 20.8 Å². The molecule has 1 saturated heterocycles. The van der Waals surface area contributed by atoms with E-state index in [2.05, 4.69) is 0 Å². The van der Waals surface area contributed by atoms with Gasteiger partial charge in [-0.05, 0) is 20.8 Å². The van der Waals surface area contributed by atoms with Crippen LogP contribution in [0.15, 0.2) is 0 Å². The van der Waals surface area contributed by atoms with Crippen LogP contribution in [-0.2, 0) is 19.1 Å². The van der Waals surface area contributed by atoms with E-state index in [1.807, 2.05) is 0 Å². The predicted octanol–water partition coefficient (Wildman–Crippen LogP) is 0.544. The highest BCUT2D eigenvalue weighted by atomic mass is 16.5. The summed E-state index contributed by atoms with van der Waals surface area (Å²) in [5, 5.41) is 0. The number of Topliss-reactive ketones (excluding diaryl/α,β-unsaturated/α-hetero) is 1. The third-order valence-electron chi connectivity index (χ3n) is 2.09. The van der Waals surface area contributed by atoms with Crippen molar-refractivity contribution in [2.45, 2.75) is 26.4 Å². The summed E-state index contributed by atoms with van der Waals surface area (Å²) in [5.41, 5.74) is -0.836. The van der Waals surface area contributed by atoms with Crippen LogP contribution in [0.2, 0.25) is 0 Å². The Bertz CT molecular complexity index is 232. The van der Waals surface area contributed by atoms with E-state index < -0.39 is 17.5 Å². The molecule has 13 heavy (non-hydrogen) atoms. The number of carbonyl (C=O) groups excluding carboxylic acids is 2. The molecule has 0 radical (unpaired) electrons. The monoisotopic (exact) mass is 186 g/mol. The van der Waals surface area contributed by atoms with Crippen LogP contribution in [0, 0.1) is 5.92 Å². The number of esters is 1. The summed E-state index contributed by atoms with van der Waals surface area (Å²) in [4.78, 5) is 22.7. The smallest absolute Gasteiger partial charge is 0.318 e. The lowest BCUT2D eigenvalue weighted by atomic mass is 9.96. The van der Waals surface area contributed by atoms with Crippen LogP contribution in [0.5, 0.6) is 0 Å². The molecule has 1 aliphatic rings. The summed E-state index contributed by atoms with van der Waals surface area (Å²) in [6, 6.07) is 0. The fraction of sp³-hybridized carbons (Fsp3) is 0.778. The van der Waals surface area contributed by atoms with Gasteiger partial charge in [-0.1, -0.05) is 0 Å². The summed E-state index contributed by atoms with van der Waals surface area (Å²) in [6.45, 7) is 5.47. The van der Waals surface area contributed by atoms with Crippen molar-refractivity contribution in [3.63, 3.8) is 0 Å². The second-order valence-corrected chi connectivity index (χ2v) is 3.49. The van der Waals surface area contributed by atoms with Gasteiger partial charge in [0.1, 0.15) is 11.5 Å². The Labute approximate surface area is 77.2 Å². The van der Waals surface area contributed by atoms with Crippen molar-refractivity contribution in [3.05, 3.63) is 0 Å². The van der Waals surface area contributed by atoms with Crippen LogP contribution in [0.4, 0.5) is 0 Å². The number of ether oxygens (including phenoxy) is 2. The van der Waals surface area contributed by atoms with E-state index in [9.17, 15) is 9.59 Å². The van der Waals surface area contributed by atoms with Crippen LogP contribution >= 0.6 is 0 Å². The molecule has 0 aliphatic carbocycles. The largest absolute Gasteiger partial charge is 0.465 e. The van der Waals surface area contributed by atoms with Crippen molar-refractivity contribution in [2.75, 3.05) is 13.2 Å². The van der Waals surface area contributed by atoms with E-state index in [0.717, 1.165) is 0 Å². The van der Waals surface area contributed by atoms with Gasteiger partial charge in [0.05, 0.1) is 13.2 Å². The lowest BCUT2D eigenvalue weighted by Gasteiger charge is -2.13. The van der Waals surface area contributed by atoms with Gasteiger partial charge in [-0.15, -0.1) is 0 Å². The lowest BCUT2D eigenvalue weighted by Crippen LogP contribution is -2.33. The molecule has 0 aromatic rings. The Balaban J connectivity index is 2.65. The van der Waals surface area contributed by atoms with E-state index in [-0.39, 0.29) is 12.4 Å². The number of hydrogen-bond acceptors (Lipinski definition) is 4. The van der Waals surface area contributed by atoms with Crippen molar-refractivity contribution in [1.29, 1.82) is 0 Å². The number of carbonyl (C=O) groups is 2. The molecule has 0 unspecified atom stereocenters. The molecule has 0 spiro atoms. The minimum absolute atomic E-state index is 0.144. The summed E-state index contributed by atoms with van der Waals surface area (Å²) < 4.78 is 9.93. The van der Waals surface area contributed by atoms with Gasteiger partial charge < -0.3 is 9.47 Å². The molecule has 1 aliphatic heterocycles. The van der Waals surface area contributed by atoms with Crippen molar-refractivity contribution < 1.29 is 19.1 Å². The zero-order valence-corrected chi connectivity index (χ0v) is 8.12. The summed E-state index contributed by atoms with van der Waals surface area (Å²) in [6.07, 6.45) is 0. The van der Waals surface area contributed by atoms with Gasteiger partial charge in [-0.25, -0.2) is 0 Å². The van der Waals surface area contributed by atoms with E-state index >= 15 is 0 Å². The average molecular weight is 186 g/mol. The average Bonchev–Trinajstić information content (AvgIpc) is 2.28. The number of hydrogen-bond donors (Lipinski definition) is 0. The topological polar surface area (TPSA) is 52.6 Å². The minimum atomic E-state index is -0.836. The molecule has 0 amide bonds.